The van der Waals surface area contributed by atoms with E-state index in [-0.39, 0.29) is 29.4 Å². The first-order valence-corrected chi connectivity index (χ1v) is 12.4. The average Bonchev–Trinajstić information content (AvgIpc) is 2.72. The van der Waals surface area contributed by atoms with Gasteiger partial charge >= 0.3 is 5.97 Å². The summed E-state index contributed by atoms with van der Waals surface area (Å²) in [6.07, 6.45) is 6.34. The predicted molar refractivity (Wildman–Crippen MR) is 129 cm³/mol. The first-order chi connectivity index (χ1) is 15.7. The van der Waals surface area contributed by atoms with Crippen LogP contribution < -0.4 is 10.1 Å². The molecule has 178 valence electrons. The highest BCUT2D eigenvalue weighted by Crippen LogP contribution is 2.48. The van der Waals surface area contributed by atoms with Gasteiger partial charge in [-0.1, -0.05) is 38.5 Å². The molecule has 3 aliphatic rings. The molecule has 1 unspecified atom stereocenters. The maximum Gasteiger partial charge on any atom is 0.337 e. The zero-order chi connectivity index (χ0) is 23.8. The molecule has 5 heteroatoms. The molecule has 1 aromatic carbocycles. The Labute approximate surface area is 197 Å². The molecule has 1 fully saturated rings. The van der Waals surface area contributed by atoms with Gasteiger partial charge in [-0.3, -0.25) is 4.79 Å². The van der Waals surface area contributed by atoms with Crippen molar-refractivity contribution in [3.63, 3.8) is 0 Å². The number of nitrogens with one attached hydrogen (secondary N) is 1. The van der Waals surface area contributed by atoms with Gasteiger partial charge in [0, 0.05) is 29.0 Å². The van der Waals surface area contributed by atoms with Gasteiger partial charge in [0.2, 0.25) is 0 Å². The summed E-state index contributed by atoms with van der Waals surface area (Å²) in [5.74, 6) is -0.00968. The Balaban J connectivity index is 1.80. The van der Waals surface area contributed by atoms with Crippen LogP contribution in [0.15, 0.2) is 46.8 Å². The largest absolute Gasteiger partial charge is 0.491 e. The smallest absolute Gasteiger partial charge is 0.337 e. The quantitative estimate of drug-likeness (QED) is 0.560. The number of para-hydroxylation sites is 1. The molecule has 0 saturated heterocycles. The summed E-state index contributed by atoms with van der Waals surface area (Å²) >= 11 is 0. The highest BCUT2D eigenvalue weighted by molar-refractivity contribution is 6.04. The third-order valence-electron chi connectivity index (χ3n) is 6.88. The average molecular weight is 452 g/mol. The van der Waals surface area contributed by atoms with Crippen LogP contribution in [-0.2, 0) is 14.3 Å². The minimum Gasteiger partial charge on any atom is -0.491 e. The molecule has 0 aromatic heterocycles. The first-order valence-electron chi connectivity index (χ1n) is 12.4. The third kappa shape index (κ3) is 5.02. The Morgan fingerprint density at radius 3 is 2.48 bits per heavy atom. The Hall–Kier alpha value is -2.56. The van der Waals surface area contributed by atoms with E-state index in [2.05, 4.69) is 19.2 Å². The maximum atomic E-state index is 13.6. The molecule has 33 heavy (non-hydrogen) atoms. The fourth-order valence-electron chi connectivity index (χ4n) is 5.50. The highest BCUT2D eigenvalue weighted by atomic mass is 16.5. The molecule has 1 aromatic rings. The number of hydrogen-bond donors (Lipinski definition) is 1. The number of Topliss-reactive ketones (excluding diaryl/α,β-unsaturated/α-hetero) is 1. The van der Waals surface area contributed by atoms with Crippen molar-refractivity contribution < 1.29 is 19.1 Å². The lowest BCUT2D eigenvalue weighted by atomic mass is 9.68. The fourth-order valence-corrected chi connectivity index (χ4v) is 5.50. The number of carbonyl (C=O) groups excluding carboxylic acids is 2. The summed E-state index contributed by atoms with van der Waals surface area (Å²) in [5.41, 5.74) is 3.64. The SMILES string of the molecule is CC1=C(C(=O)OC2CCCCC2)C(c2ccccc2OC(C)C)C2=C(CC(C)(C)CC2=O)N1. The standard InChI is InChI=1S/C28H37NO4/c1-17(2)32-23-14-10-9-13-20(23)25-24(27(31)33-19-11-7-6-8-12-19)18(3)29-21-15-28(4,5)16-22(30)26(21)25/h9-10,13-14,17,19,25,29H,6-8,11-12,15-16H2,1-5H3. The Bertz CT molecular complexity index is 995. The van der Waals surface area contributed by atoms with Crippen LogP contribution in [0.25, 0.3) is 0 Å². The normalized spacial score (nSPS) is 23.3. The minimum atomic E-state index is -0.490. The summed E-state index contributed by atoms with van der Waals surface area (Å²) in [7, 11) is 0. The maximum absolute atomic E-state index is 13.6. The molecule has 1 atom stereocenters. The van der Waals surface area contributed by atoms with Crippen LogP contribution >= 0.6 is 0 Å². The molecule has 1 heterocycles. The number of rotatable bonds is 5. The first kappa shape index (κ1) is 23.6. The van der Waals surface area contributed by atoms with Crippen molar-refractivity contribution in [2.75, 3.05) is 0 Å². The zero-order valence-electron chi connectivity index (χ0n) is 20.6. The molecule has 1 saturated carbocycles. The number of esters is 1. The summed E-state index contributed by atoms with van der Waals surface area (Å²) in [6, 6.07) is 7.78. The highest BCUT2D eigenvalue weighted by Gasteiger charge is 2.44. The zero-order valence-corrected chi connectivity index (χ0v) is 20.6. The third-order valence-corrected chi connectivity index (χ3v) is 6.88. The van der Waals surface area contributed by atoms with E-state index >= 15 is 0 Å². The lowest BCUT2D eigenvalue weighted by Crippen LogP contribution is -2.39. The van der Waals surface area contributed by atoms with E-state index in [1.165, 1.54) is 6.42 Å². The summed E-state index contributed by atoms with van der Waals surface area (Å²) < 4.78 is 12.2. The second-order valence-electron chi connectivity index (χ2n) is 10.8. The van der Waals surface area contributed by atoms with E-state index in [1.807, 2.05) is 45.0 Å². The number of carbonyl (C=O) groups is 2. The Kier molecular flexibility index (Phi) is 6.69. The number of ketones is 1. The molecule has 0 bridgehead atoms. The summed E-state index contributed by atoms with van der Waals surface area (Å²) in [6.45, 7) is 10.1. The van der Waals surface area contributed by atoms with E-state index in [4.69, 9.17) is 9.47 Å². The van der Waals surface area contributed by atoms with Crippen LogP contribution in [-0.4, -0.2) is 24.0 Å². The minimum absolute atomic E-state index is 0.0231. The van der Waals surface area contributed by atoms with Crippen molar-refractivity contribution in [1.82, 2.24) is 5.32 Å². The lowest BCUT2D eigenvalue weighted by Gasteiger charge is -2.40. The number of benzene rings is 1. The number of allylic oxidation sites excluding steroid dienone is 3. The lowest BCUT2D eigenvalue weighted by molar-refractivity contribution is -0.146. The van der Waals surface area contributed by atoms with Gasteiger partial charge in [-0.2, -0.15) is 0 Å². The number of dihydropyridines is 1. The van der Waals surface area contributed by atoms with Gasteiger partial charge in [0.15, 0.2) is 5.78 Å². The van der Waals surface area contributed by atoms with E-state index in [0.29, 0.717) is 23.3 Å². The molecule has 4 rings (SSSR count). The molecule has 0 spiro atoms. The van der Waals surface area contributed by atoms with Crippen molar-refractivity contribution in [1.29, 1.82) is 0 Å². The van der Waals surface area contributed by atoms with Crippen molar-refractivity contribution in [2.45, 2.75) is 97.7 Å². The van der Waals surface area contributed by atoms with E-state index in [9.17, 15) is 9.59 Å². The fraction of sp³-hybridized carbons (Fsp3) is 0.571. The van der Waals surface area contributed by atoms with Crippen LogP contribution in [0.1, 0.15) is 91.0 Å². The summed E-state index contributed by atoms with van der Waals surface area (Å²) in [4.78, 5) is 27.1. The van der Waals surface area contributed by atoms with Gasteiger partial charge in [0.25, 0.3) is 0 Å². The molecule has 5 nitrogen and oxygen atoms in total. The van der Waals surface area contributed by atoms with Gasteiger partial charge in [0.1, 0.15) is 11.9 Å². The molecule has 0 amide bonds. The Morgan fingerprint density at radius 1 is 1.09 bits per heavy atom. The van der Waals surface area contributed by atoms with E-state index in [0.717, 1.165) is 49.1 Å². The number of ether oxygens (including phenoxy) is 2. The second-order valence-corrected chi connectivity index (χ2v) is 10.8. The molecular weight excluding hydrogens is 414 g/mol. The molecule has 1 aliphatic heterocycles. The summed E-state index contributed by atoms with van der Waals surface area (Å²) in [5, 5.41) is 3.43. The van der Waals surface area contributed by atoms with Crippen LogP contribution in [0, 0.1) is 5.41 Å². The van der Waals surface area contributed by atoms with E-state index in [1.54, 1.807) is 0 Å². The molecular formula is C28H37NO4. The number of hydrogen-bond acceptors (Lipinski definition) is 5. The van der Waals surface area contributed by atoms with Crippen molar-refractivity contribution in [3.8, 4) is 5.75 Å². The predicted octanol–water partition coefficient (Wildman–Crippen LogP) is 5.95. The van der Waals surface area contributed by atoms with Gasteiger partial charge in [-0.25, -0.2) is 4.79 Å². The van der Waals surface area contributed by atoms with Crippen LogP contribution in [0.3, 0.4) is 0 Å². The van der Waals surface area contributed by atoms with Gasteiger partial charge in [-0.05, 0) is 64.4 Å². The van der Waals surface area contributed by atoms with Crippen molar-refractivity contribution >= 4 is 11.8 Å². The van der Waals surface area contributed by atoms with E-state index < -0.39 is 5.92 Å². The second kappa shape index (κ2) is 9.36. The van der Waals surface area contributed by atoms with Gasteiger partial charge in [0.05, 0.1) is 17.6 Å². The molecule has 2 aliphatic carbocycles. The van der Waals surface area contributed by atoms with Gasteiger partial charge in [-0.15, -0.1) is 0 Å². The van der Waals surface area contributed by atoms with Crippen LogP contribution in [0.4, 0.5) is 0 Å². The molecule has 1 N–H and O–H groups in total. The Morgan fingerprint density at radius 2 is 1.79 bits per heavy atom. The molecule has 0 radical (unpaired) electrons. The van der Waals surface area contributed by atoms with Crippen molar-refractivity contribution in [2.24, 2.45) is 5.41 Å². The van der Waals surface area contributed by atoms with Crippen LogP contribution in [0.2, 0.25) is 0 Å². The van der Waals surface area contributed by atoms with Crippen LogP contribution in [0.5, 0.6) is 5.75 Å². The van der Waals surface area contributed by atoms with Crippen molar-refractivity contribution in [3.05, 3.63) is 52.4 Å². The monoisotopic (exact) mass is 451 g/mol. The van der Waals surface area contributed by atoms with Gasteiger partial charge < -0.3 is 14.8 Å². The topological polar surface area (TPSA) is 64.6 Å².